The van der Waals surface area contributed by atoms with E-state index in [1.54, 1.807) is 0 Å². The van der Waals surface area contributed by atoms with Crippen molar-refractivity contribution in [1.82, 2.24) is 4.90 Å². The number of rotatable bonds is 8. The van der Waals surface area contributed by atoms with Gasteiger partial charge in [-0.1, -0.05) is 36.2 Å². The molecule has 6 heteroatoms. The number of carboxylic acids is 1. The van der Waals surface area contributed by atoms with Gasteiger partial charge in [-0.25, -0.2) is 0 Å². The van der Waals surface area contributed by atoms with Crippen LogP contribution in [0.25, 0.3) is 0 Å². The van der Waals surface area contributed by atoms with Crippen LogP contribution in [-0.2, 0) is 14.4 Å². The molecule has 0 saturated carbocycles. The molecule has 0 spiro atoms. The summed E-state index contributed by atoms with van der Waals surface area (Å²) in [4.78, 5) is 36.5. The molecule has 1 amide bonds. The lowest BCUT2D eigenvalue weighted by Gasteiger charge is -2.26. The van der Waals surface area contributed by atoms with Gasteiger partial charge in [0, 0.05) is 13.0 Å². The smallest absolute Gasteiger partial charge is 0.303 e. The molecule has 0 unspecified atom stereocenters. The lowest BCUT2D eigenvalue weighted by molar-refractivity contribution is -0.137. The van der Waals surface area contributed by atoms with E-state index in [0.717, 1.165) is 11.1 Å². The molecule has 0 aliphatic carbocycles. The lowest BCUT2D eigenvalue weighted by Crippen LogP contribution is -2.32. The first-order chi connectivity index (χ1) is 11.8. The topological polar surface area (TPSA) is 94.9 Å². The predicted molar refractivity (Wildman–Crippen MR) is 92.1 cm³/mol. The summed E-state index contributed by atoms with van der Waals surface area (Å²) in [5.41, 5.74) is 1.96. The van der Waals surface area contributed by atoms with Gasteiger partial charge in [-0.05, 0) is 32.3 Å². The average molecular weight is 345 g/mol. The summed E-state index contributed by atoms with van der Waals surface area (Å²) < 4.78 is 0. The van der Waals surface area contributed by atoms with Crippen LogP contribution in [0.15, 0.2) is 35.6 Å². The first-order valence-electron chi connectivity index (χ1n) is 8.36. The quantitative estimate of drug-likeness (QED) is 0.706. The maximum atomic E-state index is 12.4. The minimum Gasteiger partial charge on any atom is -0.503 e. The molecule has 0 bridgehead atoms. The zero-order valence-corrected chi connectivity index (χ0v) is 14.5. The van der Waals surface area contributed by atoms with E-state index in [9.17, 15) is 19.5 Å². The third-order valence-electron chi connectivity index (χ3n) is 4.37. The van der Waals surface area contributed by atoms with E-state index in [0.29, 0.717) is 25.8 Å². The van der Waals surface area contributed by atoms with Gasteiger partial charge < -0.3 is 15.1 Å². The van der Waals surface area contributed by atoms with Crippen LogP contribution in [0.1, 0.15) is 49.8 Å². The number of amides is 1. The Morgan fingerprint density at radius 2 is 1.76 bits per heavy atom. The monoisotopic (exact) mass is 345 g/mol. The molecule has 0 radical (unpaired) electrons. The number of unbranched alkanes of at least 4 members (excludes halogenated alkanes) is 2. The molecule has 2 rings (SSSR count). The van der Waals surface area contributed by atoms with Gasteiger partial charge in [0.15, 0.2) is 11.5 Å². The molecule has 2 N–H and O–H groups in total. The Morgan fingerprint density at radius 1 is 1.12 bits per heavy atom. The van der Waals surface area contributed by atoms with Gasteiger partial charge in [0.05, 0.1) is 11.6 Å². The van der Waals surface area contributed by atoms with Crippen molar-refractivity contribution in [3.63, 3.8) is 0 Å². The summed E-state index contributed by atoms with van der Waals surface area (Å²) in [5, 5.41) is 18.8. The summed E-state index contributed by atoms with van der Waals surface area (Å²) >= 11 is 0. The van der Waals surface area contributed by atoms with E-state index in [4.69, 9.17) is 5.11 Å². The maximum Gasteiger partial charge on any atom is 0.303 e. The fourth-order valence-electron chi connectivity index (χ4n) is 3.07. The maximum absolute atomic E-state index is 12.4. The number of aliphatic hydroxyl groups excluding tert-OH is 1. The highest BCUT2D eigenvalue weighted by Gasteiger charge is 2.41. The number of ketones is 1. The molecule has 0 saturated heterocycles. The van der Waals surface area contributed by atoms with E-state index >= 15 is 0 Å². The third-order valence-corrected chi connectivity index (χ3v) is 4.37. The Morgan fingerprint density at radius 3 is 2.32 bits per heavy atom. The van der Waals surface area contributed by atoms with Gasteiger partial charge in [0.25, 0.3) is 5.91 Å². The number of carbonyl (C=O) groups excluding carboxylic acids is 2. The van der Waals surface area contributed by atoms with Crippen molar-refractivity contribution in [2.24, 2.45) is 0 Å². The minimum absolute atomic E-state index is 0.0948. The number of nitrogens with zero attached hydrogens (tertiary/aromatic N) is 1. The van der Waals surface area contributed by atoms with Gasteiger partial charge in [0.1, 0.15) is 0 Å². The van der Waals surface area contributed by atoms with Crippen molar-refractivity contribution in [2.75, 3.05) is 6.54 Å². The highest BCUT2D eigenvalue weighted by molar-refractivity contribution is 6.08. The second kappa shape index (κ2) is 7.96. The Labute approximate surface area is 146 Å². The summed E-state index contributed by atoms with van der Waals surface area (Å²) in [6.07, 6.45) is 1.90. The number of aryl methyl sites for hydroxylation is 1. The van der Waals surface area contributed by atoms with Gasteiger partial charge in [-0.2, -0.15) is 0 Å². The van der Waals surface area contributed by atoms with Crippen LogP contribution >= 0.6 is 0 Å². The van der Waals surface area contributed by atoms with Gasteiger partial charge in [0.2, 0.25) is 0 Å². The second-order valence-corrected chi connectivity index (χ2v) is 6.33. The summed E-state index contributed by atoms with van der Waals surface area (Å²) in [7, 11) is 0. The lowest BCUT2D eigenvalue weighted by atomic mass is 9.96. The Kier molecular flexibility index (Phi) is 5.96. The van der Waals surface area contributed by atoms with Crippen molar-refractivity contribution in [2.45, 2.75) is 45.6 Å². The molecule has 6 nitrogen and oxygen atoms in total. The van der Waals surface area contributed by atoms with Crippen LogP contribution in [0.3, 0.4) is 0 Å². The zero-order chi connectivity index (χ0) is 18.6. The van der Waals surface area contributed by atoms with Crippen LogP contribution < -0.4 is 0 Å². The number of hydrogen-bond acceptors (Lipinski definition) is 4. The summed E-state index contributed by atoms with van der Waals surface area (Å²) in [6, 6.07) is 6.92. The molecule has 0 aromatic heterocycles. The molecule has 1 aromatic rings. The molecule has 1 aliphatic heterocycles. The number of aliphatic carboxylic acids is 1. The SMILES string of the molecule is CC(=O)C1=C(O)C(=O)N(CCCCCC(=O)O)[C@@H]1c1ccc(C)cc1. The number of benzene rings is 1. The Balaban J connectivity index is 2.19. The number of aliphatic hydroxyl groups is 1. The van der Waals surface area contributed by atoms with Crippen LogP contribution in [0.5, 0.6) is 0 Å². The van der Waals surface area contributed by atoms with Crippen molar-refractivity contribution in [3.05, 3.63) is 46.7 Å². The fraction of sp³-hybridized carbons (Fsp3) is 0.421. The summed E-state index contributed by atoms with van der Waals surface area (Å²) in [6.45, 7) is 3.65. The van der Waals surface area contributed by atoms with Crippen molar-refractivity contribution >= 4 is 17.7 Å². The Bertz CT molecular complexity index is 705. The number of carboxylic acid groups (broad SMARTS) is 1. The van der Waals surface area contributed by atoms with Gasteiger partial charge >= 0.3 is 5.97 Å². The third kappa shape index (κ3) is 4.26. The van der Waals surface area contributed by atoms with E-state index in [1.807, 2.05) is 31.2 Å². The van der Waals surface area contributed by atoms with Crippen LogP contribution in [0, 0.1) is 6.92 Å². The predicted octanol–water partition coefficient (Wildman–Crippen LogP) is 2.92. The number of Topliss-reactive ketones (excluding diaryl/α,β-unsaturated/α-hetero) is 1. The minimum atomic E-state index is -0.840. The highest BCUT2D eigenvalue weighted by atomic mass is 16.4. The Hall–Kier alpha value is -2.63. The summed E-state index contributed by atoms with van der Waals surface area (Å²) in [5.74, 6) is -2.20. The zero-order valence-electron chi connectivity index (χ0n) is 14.5. The van der Waals surface area contributed by atoms with Crippen molar-refractivity contribution in [1.29, 1.82) is 0 Å². The van der Waals surface area contributed by atoms with Gasteiger partial charge in [-0.15, -0.1) is 0 Å². The molecule has 134 valence electrons. The first-order valence-corrected chi connectivity index (χ1v) is 8.36. The van der Waals surface area contributed by atoms with E-state index in [1.165, 1.54) is 11.8 Å². The van der Waals surface area contributed by atoms with Crippen LogP contribution in [0.4, 0.5) is 0 Å². The van der Waals surface area contributed by atoms with Crippen LogP contribution in [-0.4, -0.2) is 39.3 Å². The molecular formula is C19H23NO5. The standard InChI is InChI=1S/C19H23NO5/c1-12-7-9-14(10-8-12)17-16(13(2)21)18(24)19(25)20(17)11-5-3-4-6-15(22)23/h7-10,17,24H,3-6,11H2,1-2H3,(H,22,23)/t17-/m1/s1. The number of hydrogen-bond donors (Lipinski definition) is 2. The number of carbonyl (C=O) groups is 3. The average Bonchev–Trinajstić information content (AvgIpc) is 2.80. The van der Waals surface area contributed by atoms with Crippen molar-refractivity contribution in [3.8, 4) is 0 Å². The highest BCUT2D eigenvalue weighted by Crippen LogP contribution is 2.37. The van der Waals surface area contributed by atoms with Crippen molar-refractivity contribution < 1.29 is 24.6 Å². The molecular weight excluding hydrogens is 322 g/mol. The molecule has 1 heterocycles. The molecule has 1 atom stereocenters. The fourth-order valence-corrected chi connectivity index (χ4v) is 3.07. The first kappa shape index (κ1) is 18.7. The molecule has 0 fully saturated rings. The second-order valence-electron chi connectivity index (χ2n) is 6.33. The molecule has 1 aliphatic rings. The largest absolute Gasteiger partial charge is 0.503 e. The van der Waals surface area contributed by atoms with E-state index < -0.39 is 23.7 Å². The van der Waals surface area contributed by atoms with Crippen LogP contribution in [0.2, 0.25) is 0 Å². The molecule has 25 heavy (non-hydrogen) atoms. The van der Waals surface area contributed by atoms with E-state index in [-0.39, 0.29) is 17.8 Å². The molecule has 1 aromatic carbocycles. The normalized spacial score (nSPS) is 17.3. The van der Waals surface area contributed by atoms with E-state index in [2.05, 4.69) is 0 Å². The van der Waals surface area contributed by atoms with Gasteiger partial charge in [-0.3, -0.25) is 14.4 Å².